The lowest BCUT2D eigenvalue weighted by molar-refractivity contribution is -0.152. The Morgan fingerprint density at radius 2 is 1.79 bits per heavy atom. The Balaban J connectivity index is 1.52. The summed E-state index contributed by atoms with van der Waals surface area (Å²) < 4.78 is 23.9. The van der Waals surface area contributed by atoms with Crippen LogP contribution in [-0.4, -0.2) is 53.8 Å². The Hall–Kier alpha value is -4.34. The molecule has 0 aliphatic carbocycles. The van der Waals surface area contributed by atoms with Gasteiger partial charge in [0.25, 0.3) is 5.91 Å². The number of ether oxygens (including phenoxy) is 2. The Morgan fingerprint density at radius 1 is 1.08 bits per heavy atom. The fourth-order valence-corrected chi connectivity index (χ4v) is 4.27. The lowest BCUT2D eigenvalue weighted by Gasteiger charge is -2.30. The second kappa shape index (κ2) is 11.4. The van der Waals surface area contributed by atoms with Gasteiger partial charge in [0.05, 0.1) is 19.2 Å². The van der Waals surface area contributed by atoms with Gasteiger partial charge >= 0.3 is 5.97 Å². The molecular formula is C28H28FN3O6. The number of hydrogen-bond donors (Lipinski definition) is 1. The van der Waals surface area contributed by atoms with Gasteiger partial charge in [-0.15, -0.1) is 0 Å². The topological polar surface area (TPSA) is 116 Å². The summed E-state index contributed by atoms with van der Waals surface area (Å²) in [6, 6.07) is 14.5. The second-order valence-corrected chi connectivity index (χ2v) is 9.19. The van der Waals surface area contributed by atoms with E-state index in [0.717, 1.165) is 10.8 Å². The van der Waals surface area contributed by atoms with Crippen LogP contribution in [0.25, 0.3) is 10.8 Å². The first-order chi connectivity index (χ1) is 18.3. The average Bonchev–Trinajstić information content (AvgIpc) is 3.39. The first-order valence-corrected chi connectivity index (χ1v) is 12.1. The maximum Gasteiger partial charge on any atom is 0.313 e. The first kappa shape index (κ1) is 26.7. The first-order valence-electron chi connectivity index (χ1n) is 12.1. The molecule has 2 aromatic carbocycles. The van der Waals surface area contributed by atoms with E-state index < -0.39 is 42.4 Å². The number of alkyl halides is 1. The lowest BCUT2D eigenvalue weighted by Crippen LogP contribution is -2.56. The molecule has 2 atom stereocenters. The van der Waals surface area contributed by atoms with Crippen LogP contribution in [-0.2, 0) is 19.2 Å². The highest BCUT2D eigenvalue weighted by Crippen LogP contribution is 2.35. The molecule has 38 heavy (non-hydrogen) atoms. The fraction of sp³-hybridized carbons (Fsp3) is 0.321. The van der Waals surface area contributed by atoms with Gasteiger partial charge in [-0.05, 0) is 23.6 Å². The van der Waals surface area contributed by atoms with Crippen molar-refractivity contribution < 1.29 is 33.1 Å². The third kappa shape index (κ3) is 5.34. The normalized spacial score (nSPS) is 17.4. The molecule has 0 fully saturated rings. The molecule has 4 rings (SSSR count). The summed E-state index contributed by atoms with van der Waals surface area (Å²) in [5.74, 6) is -2.45. The summed E-state index contributed by atoms with van der Waals surface area (Å²) in [5.41, 5.74) is -0.445. The number of ketones is 1. The fourth-order valence-electron chi connectivity index (χ4n) is 4.27. The number of amides is 1. The Kier molecular flexibility index (Phi) is 7.99. The standard InChI is InChI=1S/C28H28FN3O6/c1-17(2)28(15-21(32-38-28)26-19-9-5-4-8-18(19)12-13-30-26)27(35)31-20(22(33)16-29)14-25(34)37-24-11-7-6-10-23(24)36-3/h4-13,17,20H,14-16H2,1-3H3,(H,31,35)/t20-,28?/m0/s1. The van der Waals surface area contributed by atoms with Crippen LogP contribution < -0.4 is 14.8 Å². The molecule has 198 valence electrons. The van der Waals surface area contributed by atoms with Crippen LogP contribution in [0.15, 0.2) is 65.9 Å². The van der Waals surface area contributed by atoms with E-state index in [0.29, 0.717) is 17.2 Å². The van der Waals surface area contributed by atoms with E-state index >= 15 is 0 Å². The largest absolute Gasteiger partial charge is 0.493 e. The predicted octanol–water partition coefficient (Wildman–Crippen LogP) is 3.78. The number of oxime groups is 1. The van der Waals surface area contributed by atoms with Crippen molar-refractivity contribution in [1.29, 1.82) is 0 Å². The smallest absolute Gasteiger partial charge is 0.313 e. The summed E-state index contributed by atoms with van der Waals surface area (Å²) in [6.45, 7) is 2.18. The van der Waals surface area contributed by atoms with Crippen molar-refractivity contribution in [2.75, 3.05) is 13.8 Å². The zero-order chi connectivity index (χ0) is 27.3. The highest BCUT2D eigenvalue weighted by molar-refractivity contribution is 6.12. The number of benzene rings is 2. The van der Waals surface area contributed by atoms with Crippen molar-refractivity contribution >= 4 is 34.1 Å². The van der Waals surface area contributed by atoms with E-state index in [1.807, 2.05) is 30.3 Å². The number of hydrogen-bond acceptors (Lipinski definition) is 8. The molecule has 1 aromatic heterocycles. The molecule has 0 spiro atoms. The molecule has 10 heteroatoms. The molecule has 2 heterocycles. The SMILES string of the molecule is COc1ccccc1OC(=O)C[C@H](NC(=O)C1(C(C)C)CC(c2nccc3ccccc23)=NO1)C(=O)CF. The highest BCUT2D eigenvalue weighted by Gasteiger charge is 2.51. The number of nitrogens with one attached hydrogen (secondary N) is 1. The molecule has 1 N–H and O–H groups in total. The van der Waals surface area contributed by atoms with E-state index in [1.54, 1.807) is 38.2 Å². The number of para-hydroxylation sites is 2. The molecule has 0 bridgehead atoms. The number of halogens is 1. The number of aromatic nitrogens is 1. The minimum atomic E-state index is -1.49. The number of pyridine rings is 1. The monoisotopic (exact) mass is 521 g/mol. The highest BCUT2D eigenvalue weighted by atomic mass is 19.1. The molecule has 1 aliphatic rings. The number of carbonyl (C=O) groups excluding carboxylic acids is 3. The van der Waals surface area contributed by atoms with Crippen molar-refractivity contribution in [1.82, 2.24) is 10.3 Å². The Morgan fingerprint density at radius 3 is 2.50 bits per heavy atom. The maximum atomic E-state index is 13.5. The van der Waals surface area contributed by atoms with Crippen LogP contribution >= 0.6 is 0 Å². The van der Waals surface area contributed by atoms with E-state index in [2.05, 4.69) is 15.5 Å². The second-order valence-electron chi connectivity index (χ2n) is 9.19. The Labute approximate surface area is 219 Å². The molecule has 1 unspecified atom stereocenters. The van der Waals surface area contributed by atoms with Crippen LogP contribution in [0.5, 0.6) is 11.5 Å². The van der Waals surface area contributed by atoms with E-state index in [-0.39, 0.29) is 18.1 Å². The zero-order valence-corrected chi connectivity index (χ0v) is 21.3. The van der Waals surface area contributed by atoms with Gasteiger partial charge in [0.1, 0.15) is 18.4 Å². The van der Waals surface area contributed by atoms with Crippen LogP contribution in [0.3, 0.4) is 0 Å². The van der Waals surface area contributed by atoms with Crippen molar-refractivity contribution in [3.05, 3.63) is 66.5 Å². The summed E-state index contributed by atoms with van der Waals surface area (Å²) in [6.07, 6.45) is 1.14. The molecule has 9 nitrogen and oxygen atoms in total. The van der Waals surface area contributed by atoms with Crippen LogP contribution in [0, 0.1) is 5.92 Å². The molecule has 1 aliphatic heterocycles. The van der Waals surface area contributed by atoms with Crippen molar-refractivity contribution in [3.63, 3.8) is 0 Å². The third-order valence-electron chi connectivity index (χ3n) is 6.50. The molecule has 3 aromatic rings. The zero-order valence-electron chi connectivity index (χ0n) is 21.3. The number of Topliss-reactive ketones (excluding diaryl/α,β-unsaturated/α-hetero) is 1. The van der Waals surface area contributed by atoms with Crippen LogP contribution in [0.4, 0.5) is 4.39 Å². The van der Waals surface area contributed by atoms with E-state index in [4.69, 9.17) is 14.3 Å². The number of fused-ring (bicyclic) bond motifs is 1. The summed E-state index contributed by atoms with van der Waals surface area (Å²) in [5, 5.41) is 8.50. The summed E-state index contributed by atoms with van der Waals surface area (Å²) >= 11 is 0. The van der Waals surface area contributed by atoms with Crippen molar-refractivity contribution in [3.8, 4) is 11.5 Å². The van der Waals surface area contributed by atoms with Crippen molar-refractivity contribution in [2.45, 2.75) is 38.3 Å². The number of methoxy groups -OCH3 is 1. The quantitative estimate of drug-likeness (QED) is 0.319. The van der Waals surface area contributed by atoms with Gasteiger partial charge in [-0.3, -0.25) is 19.4 Å². The van der Waals surface area contributed by atoms with Crippen LogP contribution in [0.1, 0.15) is 32.4 Å². The Bertz CT molecular complexity index is 1390. The number of rotatable bonds is 10. The van der Waals surface area contributed by atoms with E-state index in [9.17, 15) is 18.8 Å². The van der Waals surface area contributed by atoms with Gasteiger partial charge in [-0.2, -0.15) is 0 Å². The maximum absolute atomic E-state index is 13.5. The number of esters is 1. The predicted molar refractivity (Wildman–Crippen MR) is 138 cm³/mol. The summed E-state index contributed by atoms with van der Waals surface area (Å²) in [4.78, 5) is 48.7. The van der Waals surface area contributed by atoms with Crippen molar-refractivity contribution in [2.24, 2.45) is 11.1 Å². The molecule has 0 radical (unpaired) electrons. The number of carbonyl (C=O) groups is 3. The third-order valence-corrected chi connectivity index (χ3v) is 6.50. The average molecular weight is 522 g/mol. The van der Waals surface area contributed by atoms with Gasteiger partial charge in [0.2, 0.25) is 5.60 Å². The van der Waals surface area contributed by atoms with Gasteiger partial charge in [-0.25, -0.2) is 4.39 Å². The van der Waals surface area contributed by atoms with Gasteiger partial charge in [0.15, 0.2) is 17.3 Å². The molecular weight excluding hydrogens is 493 g/mol. The number of nitrogens with zero attached hydrogens (tertiary/aromatic N) is 2. The van der Waals surface area contributed by atoms with Crippen LogP contribution in [0.2, 0.25) is 0 Å². The van der Waals surface area contributed by atoms with Gasteiger partial charge in [-0.1, -0.05) is 55.4 Å². The van der Waals surface area contributed by atoms with Gasteiger partial charge in [0, 0.05) is 23.9 Å². The van der Waals surface area contributed by atoms with E-state index in [1.165, 1.54) is 13.2 Å². The summed E-state index contributed by atoms with van der Waals surface area (Å²) in [7, 11) is 1.42. The molecule has 1 amide bonds. The minimum Gasteiger partial charge on any atom is -0.493 e. The minimum absolute atomic E-state index is 0.0692. The van der Waals surface area contributed by atoms with Gasteiger partial charge < -0.3 is 19.6 Å². The molecule has 0 saturated heterocycles. The lowest BCUT2D eigenvalue weighted by atomic mass is 9.83. The molecule has 0 saturated carbocycles.